The fourth-order valence-electron chi connectivity index (χ4n) is 3.25. The number of carbonyl (C=O) groups excluding carboxylic acids is 1. The van der Waals surface area contributed by atoms with Crippen LogP contribution in [0.15, 0.2) is 6.20 Å². The fraction of sp³-hybridized carbons (Fsp3) is 0.647. The van der Waals surface area contributed by atoms with E-state index >= 15 is 0 Å². The summed E-state index contributed by atoms with van der Waals surface area (Å²) in [7, 11) is 1.70. The van der Waals surface area contributed by atoms with Crippen LogP contribution in [0.4, 0.5) is 11.6 Å². The Morgan fingerprint density at radius 1 is 1.19 bits per heavy atom. The van der Waals surface area contributed by atoms with E-state index in [0.717, 1.165) is 32.4 Å². The molecule has 0 unspecified atom stereocenters. The number of rotatable bonds is 5. The third kappa shape index (κ3) is 4.21. The number of aromatic nitrogens is 2. The van der Waals surface area contributed by atoms with Crippen molar-refractivity contribution in [1.29, 1.82) is 0 Å². The zero-order valence-corrected chi connectivity index (χ0v) is 15.1. The lowest BCUT2D eigenvalue weighted by atomic mass is 10.1. The minimum Gasteiger partial charge on any atom is -0.476 e. The van der Waals surface area contributed by atoms with Crippen LogP contribution in [0.2, 0.25) is 0 Å². The summed E-state index contributed by atoms with van der Waals surface area (Å²) < 4.78 is 5.30. The van der Waals surface area contributed by atoms with Gasteiger partial charge in [0.1, 0.15) is 0 Å². The highest BCUT2D eigenvalue weighted by molar-refractivity contribution is 5.93. The Bertz CT molecular complexity index is 657. The number of carboxylic acid groups (broad SMARTS) is 1. The van der Waals surface area contributed by atoms with Crippen LogP contribution in [-0.4, -0.2) is 84.8 Å². The van der Waals surface area contributed by atoms with Gasteiger partial charge >= 0.3 is 5.97 Å². The van der Waals surface area contributed by atoms with Crippen molar-refractivity contribution in [3.63, 3.8) is 0 Å². The highest BCUT2D eigenvalue weighted by atomic mass is 16.5. The van der Waals surface area contributed by atoms with Crippen LogP contribution >= 0.6 is 0 Å². The van der Waals surface area contributed by atoms with Crippen molar-refractivity contribution < 1.29 is 19.4 Å². The van der Waals surface area contributed by atoms with Gasteiger partial charge in [-0.05, 0) is 19.3 Å². The van der Waals surface area contributed by atoms with Gasteiger partial charge in [-0.1, -0.05) is 0 Å². The number of piperidine rings is 1. The van der Waals surface area contributed by atoms with Crippen molar-refractivity contribution in [3.8, 4) is 0 Å². The van der Waals surface area contributed by atoms with E-state index in [2.05, 4.69) is 9.97 Å². The molecule has 0 radical (unpaired) electrons. The molecule has 0 saturated carbocycles. The van der Waals surface area contributed by atoms with E-state index in [1.165, 1.54) is 6.20 Å². The van der Waals surface area contributed by atoms with Crippen molar-refractivity contribution in [1.82, 2.24) is 14.9 Å². The lowest BCUT2D eigenvalue weighted by Gasteiger charge is -2.30. The highest BCUT2D eigenvalue weighted by Gasteiger charge is 2.24. The second-order valence-electron chi connectivity index (χ2n) is 6.61. The second kappa shape index (κ2) is 8.31. The Hall–Kier alpha value is -2.42. The lowest BCUT2D eigenvalue weighted by molar-refractivity contribution is -0.130. The Morgan fingerprint density at radius 2 is 1.88 bits per heavy atom. The number of amides is 1. The minimum absolute atomic E-state index is 0.000736. The molecule has 142 valence electrons. The minimum atomic E-state index is -1.13. The molecule has 2 saturated heterocycles. The third-order valence-corrected chi connectivity index (χ3v) is 4.75. The Kier molecular flexibility index (Phi) is 5.87. The van der Waals surface area contributed by atoms with E-state index in [-0.39, 0.29) is 18.1 Å². The van der Waals surface area contributed by atoms with Crippen LogP contribution in [0.1, 0.15) is 29.8 Å². The van der Waals surface area contributed by atoms with Gasteiger partial charge in [0, 0.05) is 33.2 Å². The predicted octanol–water partition coefficient (Wildman–Crippen LogP) is 0.460. The Morgan fingerprint density at radius 3 is 2.54 bits per heavy atom. The first-order chi connectivity index (χ1) is 12.6. The zero-order valence-electron chi connectivity index (χ0n) is 15.1. The van der Waals surface area contributed by atoms with Crippen molar-refractivity contribution in [2.24, 2.45) is 0 Å². The van der Waals surface area contributed by atoms with Gasteiger partial charge in [-0.2, -0.15) is 0 Å². The maximum Gasteiger partial charge on any atom is 0.356 e. The highest BCUT2D eigenvalue weighted by Crippen LogP contribution is 2.21. The number of likely N-dealkylation sites (N-methyl/N-ethyl adjacent to an activating group) is 1. The van der Waals surface area contributed by atoms with Gasteiger partial charge in [0.15, 0.2) is 5.69 Å². The summed E-state index contributed by atoms with van der Waals surface area (Å²) in [6, 6.07) is 0. The fourth-order valence-corrected chi connectivity index (χ4v) is 3.25. The van der Waals surface area contributed by atoms with E-state index in [0.29, 0.717) is 37.9 Å². The maximum absolute atomic E-state index is 12.5. The lowest BCUT2D eigenvalue weighted by Crippen LogP contribution is -2.42. The van der Waals surface area contributed by atoms with Gasteiger partial charge in [0.2, 0.25) is 11.9 Å². The molecule has 2 fully saturated rings. The van der Waals surface area contributed by atoms with Gasteiger partial charge < -0.3 is 24.5 Å². The number of hydrogen-bond donors (Lipinski definition) is 1. The molecule has 1 N–H and O–H groups in total. The molecule has 1 aromatic heterocycles. The summed E-state index contributed by atoms with van der Waals surface area (Å²) in [5.74, 6) is -0.750. The Labute approximate surface area is 152 Å². The summed E-state index contributed by atoms with van der Waals surface area (Å²) in [6.45, 7) is 4.04. The average molecular weight is 363 g/mol. The van der Waals surface area contributed by atoms with E-state index in [1.54, 1.807) is 11.9 Å². The topological polar surface area (TPSA) is 99.1 Å². The number of hydrogen-bond acceptors (Lipinski definition) is 7. The molecule has 2 aliphatic rings. The standard InChI is InChI=1S/C17H25N5O4/c1-20(12-14(23)21-5-3-2-4-6-21)13-11-18-17(19-15(13)16(24)25)22-7-9-26-10-8-22/h11H,2-10,12H2,1H3,(H,24,25). The SMILES string of the molecule is CN(CC(=O)N1CCCCC1)c1cnc(N2CCOCC2)nc1C(=O)O. The van der Waals surface area contributed by atoms with E-state index in [1.807, 2.05) is 9.80 Å². The van der Waals surface area contributed by atoms with Crippen LogP contribution in [0, 0.1) is 0 Å². The van der Waals surface area contributed by atoms with Crippen molar-refractivity contribution in [2.45, 2.75) is 19.3 Å². The van der Waals surface area contributed by atoms with E-state index in [4.69, 9.17) is 4.74 Å². The number of morpholine rings is 1. The van der Waals surface area contributed by atoms with Gasteiger partial charge in [0.05, 0.1) is 31.6 Å². The predicted molar refractivity (Wildman–Crippen MR) is 95.7 cm³/mol. The van der Waals surface area contributed by atoms with Gasteiger partial charge in [0.25, 0.3) is 0 Å². The molecule has 2 aliphatic heterocycles. The molecular weight excluding hydrogens is 338 g/mol. The van der Waals surface area contributed by atoms with E-state index < -0.39 is 5.97 Å². The van der Waals surface area contributed by atoms with Crippen molar-refractivity contribution >= 4 is 23.5 Å². The van der Waals surface area contributed by atoms with Crippen LogP contribution in [0.3, 0.4) is 0 Å². The van der Waals surface area contributed by atoms with Crippen LogP contribution in [0.25, 0.3) is 0 Å². The first-order valence-electron chi connectivity index (χ1n) is 8.98. The second-order valence-corrected chi connectivity index (χ2v) is 6.61. The van der Waals surface area contributed by atoms with Crippen molar-refractivity contribution in [3.05, 3.63) is 11.9 Å². The molecule has 0 aliphatic carbocycles. The largest absolute Gasteiger partial charge is 0.476 e. The average Bonchev–Trinajstić information content (AvgIpc) is 2.68. The first-order valence-corrected chi connectivity index (χ1v) is 8.98. The molecule has 0 spiro atoms. The number of carbonyl (C=O) groups is 2. The molecule has 9 heteroatoms. The van der Waals surface area contributed by atoms with Gasteiger partial charge in [-0.3, -0.25) is 4.79 Å². The molecule has 0 atom stereocenters. The number of likely N-dealkylation sites (tertiary alicyclic amines) is 1. The van der Waals surface area contributed by atoms with Crippen molar-refractivity contribution in [2.75, 3.05) is 62.8 Å². The first kappa shape index (κ1) is 18.4. The summed E-state index contributed by atoms with van der Waals surface area (Å²) in [4.78, 5) is 38.0. The number of aromatic carboxylic acids is 1. The number of anilines is 2. The van der Waals surface area contributed by atoms with Crippen LogP contribution in [-0.2, 0) is 9.53 Å². The van der Waals surface area contributed by atoms with Crippen LogP contribution in [0.5, 0.6) is 0 Å². The molecule has 0 bridgehead atoms. The third-order valence-electron chi connectivity index (χ3n) is 4.75. The van der Waals surface area contributed by atoms with E-state index in [9.17, 15) is 14.7 Å². The summed E-state index contributed by atoms with van der Waals surface area (Å²) in [5.41, 5.74) is 0.260. The summed E-state index contributed by atoms with van der Waals surface area (Å²) in [5, 5.41) is 9.56. The molecule has 26 heavy (non-hydrogen) atoms. The van der Waals surface area contributed by atoms with Gasteiger partial charge in [-0.25, -0.2) is 14.8 Å². The van der Waals surface area contributed by atoms with Gasteiger partial charge in [-0.15, -0.1) is 0 Å². The molecule has 9 nitrogen and oxygen atoms in total. The molecule has 1 amide bonds. The van der Waals surface area contributed by atoms with Crippen LogP contribution < -0.4 is 9.80 Å². The molecule has 3 heterocycles. The Balaban J connectivity index is 1.74. The zero-order chi connectivity index (χ0) is 18.5. The summed E-state index contributed by atoms with van der Waals surface area (Å²) in [6.07, 6.45) is 4.69. The molecule has 0 aromatic carbocycles. The summed E-state index contributed by atoms with van der Waals surface area (Å²) >= 11 is 0. The maximum atomic E-state index is 12.5. The smallest absolute Gasteiger partial charge is 0.356 e. The molecule has 1 aromatic rings. The molecular formula is C17H25N5O4. The molecule has 3 rings (SSSR count). The number of ether oxygens (including phenoxy) is 1. The number of carboxylic acids is 1. The number of nitrogens with zero attached hydrogens (tertiary/aromatic N) is 5. The normalized spacial score (nSPS) is 17.9. The monoisotopic (exact) mass is 363 g/mol. The quantitative estimate of drug-likeness (QED) is 0.806.